The molecule has 122 valence electrons. The Morgan fingerprint density at radius 2 is 2.00 bits per heavy atom. The summed E-state index contributed by atoms with van der Waals surface area (Å²) in [7, 11) is 0. The summed E-state index contributed by atoms with van der Waals surface area (Å²) >= 11 is 6.31. The summed E-state index contributed by atoms with van der Waals surface area (Å²) in [6, 6.07) is 15.4. The van der Waals surface area contributed by atoms with E-state index in [9.17, 15) is 4.79 Å². The zero-order chi connectivity index (χ0) is 17.1. The number of fused-ring (bicyclic) bond motifs is 1. The van der Waals surface area contributed by atoms with Crippen LogP contribution in [0, 0.1) is 0 Å². The van der Waals surface area contributed by atoms with E-state index in [2.05, 4.69) is 16.5 Å². The molecule has 1 heterocycles. The molecule has 0 aliphatic heterocycles. The number of hydrogen-bond acceptors (Lipinski definition) is 2. The van der Waals surface area contributed by atoms with Crippen molar-refractivity contribution in [2.45, 2.75) is 19.5 Å². The van der Waals surface area contributed by atoms with Crippen LogP contribution in [0.5, 0.6) is 0 Å². The Balaban J connectivity index is 2.07. The summed E-state index contributed by atoms with van der Waals surface area (Å²) < 4.78 is 2.09. The van der Waals surface area contributed by atoms with Gasteiger partial charge in [0.1, 0.15) is 5.82 Å². The normalized spacial score (nSPS) is 12.1. The lowest BCUT2D eigenvalue weighted by Gasteiger charge is -2.16. The number of aromatic nitrogens is 2. The number of amides is 1. The first-order valence-electron chi connectivity index (χ1n) is 7.71. The fourth-order valence-electron chi connectivity index (χ4n) is 2.72. The van der Waals surface area contributed by atoms with Crippen molar-refractivity contribution >= 4 is 28.5 Å². The molecule has 1 aromatic heterocycles. The summed E-state index contributed by atoms with van der Waals surface area (Å²) in [5, 5.41) is 3.59. The molecule has 0 aliphatic carbocycles. The number of benzene rings is 2. The van der Waals surface area contributed by atoms with E-state index < -0.39 is 0 Å². The van der Waals surface area contributed by atoms with Gasteiger partial charge in [-0.25, -0.2) is 4.98 Å². The lowest BCUT2D eigenvalue weighted by Crippen LogP contribution is -2.27. The number of para-hydroxylation sites is 2. The van der Waals surface area contributed by atoms with E-state index in [1.807, 2.05) is 55.5 Å². The second kappa shape index (κ2) is 6.89. The monoisotopic (exact) mass is 339 g/mol. The number of hydrogen-bond donors (Lipinski definition) is 1. The summed E-state index contributed by atoms with van der Waals surface area (Å²) in [6.07, 6.45) is 1.26. The van der Waals surface area contributed by atoms with Gasteiger partial charge in [-0.15, -0.1) is 0 Å². The molecule has 2 aromatic carbocycles. The minimum atomic E-state index is -0.245. The quantitative estimate of drug-likeness (QED) is 0.711. The van der Waals surface area contributed by atoms with Crippen molar-refractivity contribution in [1.82, 2.24) is 14.9 Å². The number of nitrogens with one attached hydrogen (secondary N) is 1. The van der Waals surface area contributed by atoms with E-state index in [0.717, 1.165) is 22.4 Å². The molecule has 3 rings (SSSR count). The summed E-state index contributed by atoms with van der Waals surface area (Å²) in [4.78, 5) is 16.3. The van der Waals surface area contributed by atoms with Gasteiger partial charge < -0.3 is 9.88 Å². The van der Waals surface area contributed by atoms with Crippen LogP contribution in [0.1, 0.15) is 24.4 Å². The first-order valence-corrected chi connectivity index (χ1v) is 8.09. The highest BCUT2D eigenvalue weighted by molar-refractivity contribution is 6.31. The lowest BCUT2D eigenvalue weighted by molar-refractivity contribution is -0.117. The van der Waals surface area contributed by atoms with Crippen molar-refractivity contribution in [1.29, 1.82) is 0 Å². The number of imidazole rings is 1. The maximum absolute atomic E-state index is 11.6. The van der Waals surface area contributed by atoms with E-state index in [4.69, 9.17) is 16.6 Å². The lowest BCUT2D eigenvalue weighted by atomic mass is 10.2. The molecular weight excluding hydrogens is 322 g/mol. The van der Waals surface area contributed by atoms with Crippen LogP contribution in [-0.4, -0.2) is 15.5 Å². The van der Waals surface area contributed by atoms with Crippen LogP contribution in [0.15, 0.2) is 61.2 Å². The first-order chi connectivity index (χ1) is 11.6. The Labute approximate surface area is 145 Å². The standard InChI is InChI=1S/C19H18ClN3O/c1-3-18(24)21-13(2)19-22-16-10-6-7-11-17(16)23(19)12-14-8-4-5-9-15(14)20/h3-11,13H,1,12H2,2H3,(H,21,24). The second-order valence-corrected chi connectivity index (χ2v) is 5.98. The predicted octanol–water partition coefficient (Wildman–Crippen LogP) is 4.10. The van der Waals surface area contributed by atoms with Crippen LogP contribution in [0.2, 0.25) is 5.02 Å². The Morgan fingerprint density at radius 3 is 2.75 bits per heavy atom. The molecule has 0 radical (unpaired) electrons. The number of carbonyl (C=O) groups is 1. The Bertz CT molecular complexity index is 901. The third-order valence-corrected chi connectivity index (χ3v) is 4.27. The van der Waals surface area contributed by atoms with Crippen LogP contribution in [-0.2, 0) is 11.3 Å². The zero-order valence-corrected chi connectivity index (χ0v) is 14.1. The smallest absolute Gasteiger partial charge is 0.243 e. The Kier molecular flexibility index (Phi) is 4.67. The third-order valence-electron chi connectivity index (χ3n) is 3.90. The Hall–Kier alpha value is -2.59. The van der Waals surface area contributed by atoms with Gasteiger partial charge in [-0.05, 0) is 36.8 Å². The fraction of sp³-hybridized carbons (Fsp3) is 0.158. The molecule has 1 unspecified atom stereocenters. The van der Waals surface area contributed by atoms with Gasteiger partial charge in [-0.3, -0.25) is 4.79 Å². The van der Waals surface area contributed by atoms with Crippen molar-refractivity contribution in [3.63, 3.8) is 0 Å². The van der Waals surface area contributed by atoms with Crippen molar-refractivity contribution < 1.29 is 4.79 Å². The molecule has 0 saturated carbocycles. The largest absolute Gasteiger partial charge is 0.343 e. The molecule has 0 bridgehead atoms. The second-order valence-electron chi connectivity index (χ2n) is 5.57. The predicted molar refractivity (Wildman–Crippen MR) is 97.0 cm³/mol. The van der Waals surface area contributed by atoms with Crippen molar-refractivity contribution in [3.05, 3.63) is 77.6 Å². The molecular formula is C19H18ClN3O. The summed E-state index contributed by atoms with van der Waals surface area (Å²) in [5.41, 5.74) is 2.90. The van der Waals surface area contributed by atoms with E-state index >= 15 is 0 Å². The fourth-order valence-corrected chi connectivity index (χ4v) is 2.92. The molecule has 24 heavy (non-hydrogen) atoms. The molecule has 1 amide bonds. The number of rotatable bonds is 5. The summed E-state index contributed by atoms with van der Waals surface area (Å²) in [6.45, 7) is 5.99. The average molecular weight is 340 g/mol. The minimum Gasteiger partial charge on any atom is -0.343 e. The topological polar surface area (TPSA) is 46.9 Å². The molecule has 0 fully saturated rings. The van der Waals surface area contributed by atoms with E-state index in [0.29, 0.717) is 11.6 Å². The highest BCUT2D eigenvalue weighted by atomic mass is 35.5. The van der Waals surface area contributed by atoms with Crippen LogP contribution in [0.25, 0.3) is 11.0 Å². The zero-order valence-electron chi connectivity index (χ0n) is 13.4. The number of carbonyl (C=O) groups excluding carboxylic acids is 1. The van der Waals surface area contributed by atoms with Gasteiger partial charge in [0, 0.05) is 5.02 Å². The molecule has 0 saturated heterocycles. The van der Waals surface area contributed by atoms with E-state index in [-0.39, 0.29) is 11.9 Å². The molecule has 0 spiro atoms. The van der Waals surface area contributed by atoms with Gasteiger partial charge >= 0.3 is 0 Å². The molecule has 5 heteroatoms. The number of nitrogens with zero attached hydrogens (tertiary/aromatic N) is 2. The van der Waals surface area contributed by atoms with Gasteiger partial charge in [0.25, 0.3) is 0 Å². The molecule has 1 N–H and O–H groups in total. The highest BCUT2D eigenvalue weighted by Gasteiger charge is 2.18. The third kappa shape index (κ3) is 3.19. The molecule has 1 atom stereocenters. The van der Waals surface area contributed by atoms with Gasteiger partial charge in [0.2, 0.25) is 5.91 Å². The molecule has 3 aromatic rings. The van der Waals surface area contributed by atoms with Crippen LogP contribution >= 0.6 is 11.6 Å². The maximum atomic E-state index is 11.6. The highest BCUT2D eigenvalue weighted by Crippen LogP contribution is 2.24. The maximum Gasteiger partial charge on any atom is 0.243 e. The van der Waals surface area contributed by atoms with Gasteiger partial charge in [0.15, 0.2) is 0 Å². The molecule has 0 aliphatic rings. The van der Waals surface area contributed by atoms with E-state index in [1.54, 1.807) is 0 Å². The first kappa shape index (κ1) is 16.3. The van der Waals surface area contributed by atoms with Gasteiger partial charge in [-0.2, -0.15) is 0 Å². The van der Waals surface area contributed by atoms with Crippen molar-refractivity contribution in [2.75, 3.05) is 0 Å². The minimum absolute atomic E-state index is 0.223. The van der Waals surface area contributed by atoms with Crippen molar-refractivity contribution in [2.24, 2.45) is 0 Å². The number of halogens is 1. The van der Waals surface area contributed by atoms with Crippen LogP contribution in [0.4, 0.5) is 0 Å². The van der Waals surface area contributed by atoms with Crippen LogP contribution in [0.3, 0.4) is 0 Å². The Morgan fingerprint density at radius 1 is 1.29 bits per heavy atom. The summed E-state index contributed by atoms with van der Waals surface area (Å²) in [5.74, 6) is 0.560. The van der Waals surface area contributed by atoms with Gasteiger partial charge in [-0.1, -0.05) is 48.5 Å². The van der Waals surface area contributed by atoms with Gasteiger partial charge in [0.05, 0.1) is 23.6 Å². The van der Waals surface area contributed by atoms with E-state index in [1.165, 1.54) is 6.08 Å². The van der Waals surface area contributed by atoms with Crippen molar-refractivity contribution in [3.8, 4) is 0 Å². The SMILES string of the molecule is C=CC(=O)NC(C)c1nc2ccccc2n1Cc1ccccc1Cl. The molecule has 4 nitrogen and oxygen atoms in total. The average Bonchev–Trinajstić information content (AvgIpc) is 2.95. The van der Waals surface area contributed by atoms with Crippen LogP contribution < -0.4 is 5.32 Å².